The van der Waals surface area contributed by atoms with Crippen LogP contribution >= 0.6 is 0 Å². The summed E-state index contributed by atoms with van der Waals surface area (Å²) >= 11 is 0. The second-order valence-corrected chi connectivity index (χ2v) is 5.43. The Bertz CT molecular complexity index is 470. The number of carbonyl (C=O) groups is 1. The first-order valence-corrected chi connectivity index (χ1v) is 7.02. The number of rotatable bonds is 4. The molecule has 0 aliphatic carbocycles. The van der Waals surface area contributed by atoms with Gasteiger partial charge in [-0.2, -0.15) is 0 Å². The second kappa shape index (κ2) is 6.72. The summed E-state index contributed by atoms with van der Waals surface area (Å²) in [6.45, 7) is 4.33. The molecule has 0 unspecified atom stereocenters. The minimum Gasteiger partial charge on any atom is -0.381 e. The van der Waals surface area contributed by atoms with Gasteiger partial charge in [-0.05, 0) is 37.8 Å². The van der Waals surface area contributed by atoms with Crippen molar-refractivity contribution < 1.29 is 9.53 Å². The van der Waals surface area contributed by atoms with Crippen LogP contribution in [0.2, 0.25) is 0 Å². The lowest BCUT2D eigenvalue weighted by atomic mass is 9.99. The van der Waals surface area contributed by atoms with E-state index in [0.717, 1.165) is 38.2 Å². The Labute approximate surface area is 120 Å². The van der Waals surface area contributed by atoms with E-state index in [1.165, 1.54) is 0 Å². The van der Waals surface area contributed by atoms with E-state index in [2.05, 4.69) is 5.43 Å². The van der Waals surface area contributed by atoms with Crippen molar-refractivity contribution in [3.8, 4) is 0 Å². The van der Waals surface area contributed by atoms with Gasteiger partial charge in [-0.15, -0.1) is 0 Å². The van der Waals surface area contributed by atoms with Gasteiger partial charge in [-0.1, -0.05) is 11.6 Å². The van der Waals surface area contributed by atoms with Gasteiger partial charge in [0.1, 0.15) is 0 Å². The predicted molar refractivity (Wildman–Crippen MR) is 79.5 cm³/mol. The first-order valence-electron chi connectivity index (χ1n) is 7.02. The Morgan fingerprint density at radius 2 is 2.15 bits per heavy atom. The summed E-state index contributed by atoms with van der Waals surface area (Å²) in [5.41, 5.74) is 4.94. The molecule has 1 amide bonds. The standard InChI is InChI=1S/C15H23N3O2/c1-11-3-4-14(17-16)13(9-11)15(19)18(2)10-12-5-7-20-8-6-12/h3-4,9,12,17H,5-8,10,16H2,1-2H3. The van der Waals surface area contributed by atoms with Crippen molar-refractivity contribution in [2.45, 2.75) is 19.8 Å². The molecule has 0 aromatic heterocycles. The van der Waals surface area contributed by atoms with E-state index in [1.54, 1.807) is 4.90 Å². The number of hydrogen-bond acceptors (Lipinski definition) is 4. The van der Waals surface area contributed by atoms with Crippen molar-refractivity contribution >= 4 is 11.6 Å². The molecule has 0 atom stereocenters. The van der Waals surface area contributed by atoms with E-state index in [-0.39, 0.29) is 5.91 Å². The van der Waals surface area contributed by atoms with Gasteiger partial charge in [-0.25, -0.2) is 0 Å². The van der Waals surface area contributed by atoms with Crippen LogP contribution in [-0.2, 0) is 4.74 Å². The Morgan fingerprint density at radius 3 is 2.80 bits per heavy atom. The summed E-state index contributed by atoms with van der Waals surface area (Å²) in [4.78, 5) is 14.3. The van der Waals surface area contributed by atoms with Gasteiger partial charge in [0, 0.05) is 26.8 Å². The molecule has 1 aliphatic heterocycles. The van der Waals surface area contributed by atoms with E-state index in [4.69, 9.17) is 10.6 Å². The molecule has 0 bridgehead atoms. The molecule has 20 heavy (non-hydrogen) atoms. The van der Waals surface area contributed by atoms with Crippen LogP contribution in [-0.4, -0.2) is 37.6 Å². The summed E-state index contributed by atoms with van der Waals surface area (Å²) in [7, 11) is 1.85. The number of amides is 1. The molecule has 110 valence electrons. The highest BCUT2D eigenvalue weighted by atomic mass is 16.5. The smallest absolute Gasteiger partial charge is 0.255 e. The number of aryl methyl sites for hydroxylation is 1. The third-order valence-corrected chi connectivity index (χ3v) is 3.78. The molecule has 1 saturated heterocycles. The van der Waals surface area contributed by atoms with E-state index >= 15 is 0 Å². The quantitative estimate of drug-likeness (QED) is 0.650. The van der Waals surface area contributed by atoms with Crippen LogP contribution in [0.4, 0.5) is 5.69 Å². The maximum absolute atomic E-state index is 12.5. The van der Waals surface area contributed by atoms with Crippen LogP contribution in [0.25, 0.3) is 0 Å². The first-order chi connectivity index (χ1) is 9.61. The van der Waals surface area contributed by atoms with Crippen LogP contribution < -0.4 is 11.3 Å². The summed E-state index contributed by atoms with van der Waals surface area (Å²) in [6, 6.07) is 5.65. The molecule has 5 nitrogen and oxygen atoms in total. The third kappa shape index (κ3) is 3.49. The maximum atomic E-state index is 12.5. The van der Waals surface area contributed by atoms with Crippen molar-refractivity contribution in [3.05, 3.63) is 29.3 Å². The zero-order valence-electron chi connectivity index (χ0n) is 12.2. The van der Waals surface area contributed by atoms with Crippen molar-refractivity contribution in [1.29, 1.82) is 0 Å². The van der Waals surface area contributed by atoms with Crippen LogP contribution in [0.15, 0.2) is 18.2 Å². The summed E-state index contributed by atoms with van der Waals surface area (Å²) < 4.78 is 5.35. The topological polar surface area (TPSA) is 67.6 Å². The fourth-order valence-corrected chi connectivity index (χ4v) is 2.57. The number of carbonyl (C=O) groups excluding carboxylic acids is 1. The van der Waals surface area contributed by atoms with Gasteiger partial charge in [0.15, 0.2) is 0 Å². The van der Waals surface area contributed by atoms with Gasteiger partial charge in [0.25, 0.3) is 5.91 Å². The zero-order valence-corrected chi connectivity index (χ0v) is 12.2. The van der Waals surface area contributed by atoms with Crippen molar-refractivity contribution in [2.75, 3.05) is 32.2 Å². The third-order valence-electron chi connectivity index (χ3n) is 3.78. The van der Waals surface area contributed by atoms with Crippen molar-refractivity contribution in [3.63, 3.8) is 0 Å². The number of nitrogen functional groups attached to an aromatic ring is 1. The number of ether oxygens (including phenoxy) is 1. The van der Waals surface area contributed by atoms with Gasteiger partial charge in [0.2, 0.25) is 0 Å². The molecule has 0 radical (unpaired) electrons. The van der Waals surface area contributed by atoms with Crippen LogP contribution in [0.3, 0.4) is 0 Å². The van der Waals surface area contributed by atoms with Gasteiger partial charge in [0.05, 0.1) is 11.3 Å². The lowest BCUT2D eigenvalue weighted by Gasteiger charge is -2.27. The molecule has 1 heterocycles. The Kier molecular flexibility index (Phi) is 4.98. The highest BCUT2D eigenvalue weighted by Crippen LogP contribution is 2.20. The Hall–Kier alpha value is -1.59. The molecule has 1 aromatic carbocycles. The minimum absolute atomic E-state index is 0.00754. The molecule has 1 aromatic rings. The average molecular weight is 277 g/mol. The molecular weight excluding hydrogens is 254 g/mol. The number of nitrogens with two attached hydrogens (primary N) is 1. The van der Waals surface area contributed by atoms with E-state index in [9.17, 15) is 4.79 Å². The number of benzene rings is 1. The van der Waals surface area contributed by atoms with E-state index in [0.29, 0.717) is 17.2 Å². The van der Waals surface area contributed by atoms with Crippen LogP contribution in [0.5, 0.6) is 0 Å². The molecular formula is C15H23N3O2. The Balaban J connectivity index is 2.07. The minimum atomic E-state index is 0.00754. The molecule has 2 rings (SSSR count). The summed E-state index contributed by atoms with van der Waals surface area (Å²) in [5.74, 6) is 6.02. The average Bonchev–Trinajstić information content (AvgIpc) is 2.47. The molecule has 0 saturated carbocycles. The van der Waals surface area contributed by atoms with Crippen molar-refractivity contribution in [2.24, 2.45) is 11.8 Å². The lowest BCUT2D eigenvalue weighted by Crippen LogP contribution is -2.34. The predicted octanol–water partition coefficient (Wildman–Crippen LogP) is 1.78. The number of nitrogens with one attached hydrogen (secondary N) is 1. The van der Waals surface area contributed by atoms with E-state index in [1.807, 2.05) is 32.2 Å². The monoisotopic (exact) mass is 277 g/mol. The lowest BCUT2D eigenvalue weighted by molar-refractivity contribution is 0.0497. The maximum Gasteiger partial charge on any atom is 0.255 e. The van der Waals surface area contributed by atoms with Crippen molar-refractivity contribution in [1.82, 2.24) is 4.90 Å². The normalized spacial score (nSPS) is 15.9. The largest absolute Gasteiger partial charge is 0.381 e. The highest BCUT2D eigenvalue weighted by Gasteiger charge is 2.21. The van der Waals surface area contributed by atoms with E-state index < -0.39 is 0 Å². The zero-order chi connectivity index (χ0) is 14.5. The van der Waals surface area contributed by atoms with Gasteiger partial charge >= 0.3 is 0 Å². The number of anilines is 1. The second-order valence-electron chi connectivity index (χ2n) is 5.43. The molecule has 1 fully saturated rings. The number of hydrazine groups is 1. The molecule has 3 N–H and O–H groups in total. The van der Waals surface area contributed by atoms with Gasteiger partial charge in [-0.3, -0.25) is 10.6 Å². The van der Waals surface area contributed by atoms with Crippen LogP contribution in [0, 0.1) is 12.8 Å². The SMILES string of the molecule is Cc1ccc(NN)c(C(=O)N(C)CC2CCOCC2)c1. The molecule has 5 heteroatoms. The summed E-state index contributed by atoms with van der Waals surface area (Å²) in [5, 5.41) is 0. The fraction of sp³-hybridized carbons (Fsp3) is 0.533. The van der Waals surface area contributed by atoms with Gasteiger partial charge < -0.3 is 15.1 Å². The highest BCUT2D eigenvalue weighted by molar-refractivity contribution is 5.99. The Morgan fingerprint density at radius 1 is 1.45 bits per heavy atom. The number of hydrogen-bond donors (Lipinski definition) is 2. The summed E-state index contributed by atoms with van der Waals surface area (Å²) in [6.07, 6.45) is 2.04. The fourth-order valence-electron chi connectivity index (χ4n) is 2.57. The molecule has 1 aliphatic rings. The number of nitrogens with zero attached hydrogens (tertiary/aromatic N) is 1. The first kappa shape index (κ1) is 14.8. The van der Waals surface area contributed by atoms with Crippen LogP contribution in [0.1, 0.15) is 28.8 Å². The molecule has 0 spiro atoms.